The number of nitrogens with zero attached hydrogens (tertiary/aromatic N) is 5. The van der Waals surface area contributed by atoms with E-state index in [1.54, 1.807) is 0 Å². The zero-order chi connectivity index (χ0) is 14.5. The molecule has 1 aromatic heterocycles. The molecule has 0 radical (unpaired) electrons. The van der Waals surface area contributed by atoms with Crippen molar-refractivity contribution in [2.45, 2.75) is 26.8 Å². The highest BCUT2D eigenvalue weighted by Crippen LogP contribution is 2.18. The molecule has 0 saturated carbocycles. The molecule has 112 valence electrons. The van der Waals surface area contributed by atoms with E-state index >= 15 is 0 Å². The molecule has 0 atom stereocenters. The number of ether oxygens (including phenoxy) is 1. The molecule has 1 aromatic rings. The van der Waals surface area contributed by atoms with Gasteiger partial charge in [-0.3, -0.25) is 0 Å². The van der Waals surface area contributed by atoms with Gasteiger partial charge in [0.1, 0.15) is 0 Å². The number of nitrogens with one attached hydrogen (secondary N) is 1. The molecule has 2 rings (SSSR count). The molecule has 1 N–H and O–H groups in total. The summed E-state index contributed by atoms with van der Waals surface area (Å²) in [6, 6.07) is 0.337. The SMILES string of the molecule is CCNc1nc(N2CCOCC2)nc(N(C)C(C)C)n1. The maximum absolute atomic E-state index is 5.38. The van der Waals surface area contributed by atoms with Crippen molar-refractivity contribution >= 4 is 17.8 Å². The van der Waals surface area contributed by atoms with Crippen LogP contribution in [0.1, 0.15) is 20.8 Å². The van der Waals surface area contributed by atoms with E-state index in [4.69, 9.17) is 4.74 Å². The summed E-state index contributed by atoms with van der Waals surface area (Å²) < 4.78 is 5.38. The molecule has 0 amide bonds. The van der Waals surface area contributed by atoms with E-state index in [1.165, 1.54) is 0 Å². The average Bonchev–Trinajstić information content (AvgIpc) is 2.47. The van der Waals surface area contributed by atoms with Crippen LogP contribution in [0.3, 0.4) is 0 Å². The van der Waals surface area contributed by atoms with Crippen LogP contribution in [0.2, 0.25) is 0 Å². The average molecular weight is 280 g/mol. The Balaban J connectivity index is 2.29. The topological polar surface area (TPSA) is 66.4 Å². The maximum Gasteiger partial charge on any atom is 0.232 e. The van der Waals surface area contributed by atoms with Gasteiger partial charge in [-0.25, -0.2) is 0 Å². The number of hydrogen-bond acceptors (Lipinski definition) is 7. The normalized spacial score (nSPS) is 15.6. The van der Waals surface area contributed by atoms with E-state index < -0.39 is 0 Å². The van der Waals surface area contributed by atoms with Crippen molar-refractivity contribution in [2.24, 2.45) is 0 Å². The summed E-state index contributed by atoms with van der Waals surface area (Å²) in [4.78, 5) is 17.8. The van der Waals surface area contributed by atoms with Crippen molar-refractivity contribution in [3.8, 4) is 0 Å². The minimum atomic E-state index is 0.337. The Morgan fingerprint density at radius 3 is 2.55 bits per heavy atom. The van der Waals surface area contributed by atoms with Gasteiger partial charge in [-0.15, -0.1) is 0 Å². The molecule has 1 aliphatic heterocycles. The molecular formula is C13H24N6O. The minimum Gasteiger partial charge on any atom is -0.378 e. The van der Waals surface area contributed by atoms with Crippen LogP contribution < -0.4 is 15.1 Å². The molecule has 0 aliphatic carbocycles. The van der Waals surface area contributed by atoms with Crippen LogP contribution in [0.4, 0.5) is 17.8 Å². The fraction of sp³-hybridized carbons (Fsp3) is 0.769. The van der Waals surface area contributed by atoms with E-state index in [9.17, 15) is 0 Å². The Kier molecular flexibility index (Phi) is 4.94. The molecule has 1 aliphatic rings. The molecule has 0 unspecified atom stereocenters. The number of hydrogen-bond donors (Lipinski definition) is 1. The first kappa shape index (κ1) is 14.8. The molecule has 1 fully saturated rings. The lowest BCUT2D eigenvalue weighted by atomic mass is 10.4. The molecule has 0 aromatic carbocycles. The fourth-order valence-electron chi connectivity index (χ4n) is 1.88. The van der Waals surface area contributed by atoms with E-state index in [2.05, 4.69) is 39.0 Å². The molecule has 0 spiro atoms. The first-order valence-corrected chi connectivity index (χ1v) is 7.17. The van der Waals surface area contributed by atoms with Crippen molar-refractivity contribution in [3.63, 3.8) is 0 Å². The van der Waals surface area contributed by atoms with Crippen molar-refractivity contribution in [1.82, 2.24) is 15.0 Å². The summed E-state index contributed by atoms with van der Waals surface area (Å²) in [5.41, 5.74) is 0. The maximum atomic E-state index is 5.38. The Bertz CT molecular complexity index is 433. The van der Waals surface area contributed by atoms with E-state index in [1.807, 2.05) is 18.9 Å². The summed E-state index contributed by atoms with van der Waals surface area (Å²) in [6.07, 6.45) is 0. The number of aromatic nitrogens is 3. The highest BCUT2D eigenvalue weighted by Gasteiger charge is 2.18. The van der Waals surface area contributed by atoms with Gasteiger partial charge >= 0.3 is 0 Å². The van der Waals surface area contributed by atoms with Crippen molar-refractivity contribution in [1.29, 1.82) is 0 Å². The summed E-state index contributed by atoms with van der Waals surface area (Å²) >= 11 is 0. The Hall–Kier alpha value is -1.63. The van der Waals surface area contributed by atoms with Gasteiger partial charge < -0.3 is 19.9 Å². The second-order valence-electron chi connectivity index (χ2n) is 5.09. The molecule has 7 nitrogen and oxygen atoms in total. The van der Waals surface area contributed by atoms with Crippen LogP contribution in [0, 0.1) is 0 Å². The third kappa shape index (κ3) is 3.47. The molecule has 7 heteroatoms. The summed E-state index contributed by atoms with van der Waals surface area (Å²) in [6.45, 7) is 10.1. The highest BCUT2D eigenvalue weighted by atomic mass is 16.5. The molecule has 2 heterocycles. The Morgan fingerprint density at radius 1 is 1.25 bits per heavy atom. The Morgan fingerprint density at radius 2 is 1.95 bits per heavy atom. The Labute approximate surface area is 120 Å². The third-order valence-corrected chi connectivity index (χ3v) is 3.33. The lowest BCUT2D eigenvalue weighted by Crippen LogP contribution is -2.38. The molecule has 1 saturated heterocycles. The van der Waals surface area contributed by atoms with Crippen LogP contribution in [-0.4, -0.2) is 60.9 Å². The zero-order valence-corrected chi connectivity index (χ0v) is 12.8. The van der Waals surface area contributed by atoms with Crippen LogP contribution in [0.5, 0.6) is 0 Å². The smallest absolute Gasteiger partial charge is 0.232 e. The zero-order valence-electron chi connectivity index (χ0n) is 12.8. The monoisotopic (exact) mass is 280 g/mol. The molecular weight excluding hydrogens is 256 g/mol. The third-order valence-electron chi connectivity index (χ3n) is 3.33. The fourth-order valence-corrected chi connectivity index (χ4v) is 1.88. The second kappa shape index (κ2) is 6.69. The minimum absolute atomic E-state index is 0.337. The number of rotatable bonds is 5. The number of anilines is 3. The van der Waals surface area contributed by atoms with Crippen molar-refractivity contribution < 1.29 is 4.74 Å². The van der Waals surface area contributed by atoms with Gasteiger partial charge in [-0.2, -0.15) is 15.0 Å². The van der Waals surface area contributed by atoms with Crippen molar-refractivity contribution in [2.75, 3.05) is 55.0 Å². The first-order chi connectivity index (χ1) is 9.61. The van der Waals surface area contributed by atoms with E-state index in [-0.39, 0.29) is 0 Å². The second-order valence-corrected chi connectivity index (χ2v) is 5.09. The van der Waals surface area contributed by atoms with Gasteiger partial charge in [0.25, 0.3) is 0 Å². The predicted octanol–water partition coefficient (Wildman–Crippen LogP) is 0.985. The standard InChI is InChI=1S/C13H24N6O/c1-5-14-11-15-12(18(4)10(2)3)17-13(16-11)19-6-8-20-9-7-19/h10H,5-9H2,1-4H3,(H,14,15,16,17). The van der Waals surface area contributed by atoms with Crippen LogP contribution in [-0.2, 0) is 4.74 Å². The molecule has 20 heavy (non-hydrogen) atoms. The van der Waals surface area contributed by atoms with Gasteiger partial charge in [0.05, 0.1) is 13.2 Å². The summed E-state index contributed by atoms with van der Waals surface area (Å²) in [7, 11) is 2.00. The van der Waals surface area contributed by atoms with E-state index in [0.29, 0.717) is 17.9 Å². The summed E-state index contributed by atoms with van der Waals surface area (Å²) in [5.74, 6) is 2.06. The van der Waals surface area contributed by atoms with Crippen molar-refractivity contribution in [3.05, 3.63) is 0 Å². The predicted molar refractivity (Wildman–Crippen MR) is 80.6 cm³/mol. The lowest BCUT2D eigenvalue weighted by molar-refractivity contribution is 0.122. The van der Waals surface area contributed by atoms with Gasteiger partial charge in [0.15, 0.2) is 0 Å². The van der Waals surface area contributed by atoms with Crippen LogP contribution in [0.25, 0.3) is 0 Å². The van der Waals surface area contributed by atoms with E-state index in [0.717, 1.165) is 38.8 Å². The quantitative estimate of drug-likeness (QED) is 0.862. The van der Waals surface area contributed by atoms with Crippen LogP contribution >= 0.6 is 0 Å². The van der Waals surface area contributed by atoms with Gasteiger partial charge in [-0.05, 0) is 20.8 Å². The van der Waals surface area contributed by atoms with Gasteiger partial charge in [-0.1, -0.05) is 0 Å². The first-order valence-electron chi connectivity index (χ1n) is 7.17. The highest BCUT2D eigenvalue weighted by molar-refractivity contribution is 5.45. The van der Waals surface area contributed by atoms with Crippen LogP contribution in [0.15, 0.2) is 0 Å². The lowest BCUT2D eigenvalue weighted by Gasteiger charge is -2.28. The molecule has 0 bridgehead atoms. The van der Waals surface area contributed by atoms with Gasteiger partial charge in [0.2, 0.25) is 17.8 Å². The van der Waals surface area contributed by atoms with Gasteiger partial charge in [0, 0.05) is 32.7 Å². The summed E-state index contributed by atoms with van der Waals surface area (Å²) in [5, 5.41) is 3.17. The number of morpholine rings is 1. The largest absolute Gasteiger partial charge is 0.378 e.